The van der Waals surface area contributed by atoms with Crippen molar-refractivity contribution in [1.82, 2.24) is 0 Å². The lowest BCUT2D eigenvalue weighted by Gasteiger charge is -2.39. The van der Waals surface area contributed by atoms with Crippen LogP contribution in [-0.2, 0) is 4.79 Å². The summed E-state index contributed by atoms with van der Waals surface area (Å²) >= 11 is 0. The fourth-order valence-electron chi connectivity index (χ4n) is 2.35. The van der Waals surface area contributed by atoms with E-state index in [1.54, 1.807) is 0 Å². The van der Waals surface area contributed by atoms with Gasteiger partial charge in [0, 0.05) is 12.8 Å². The molecule has 0 unspecified atom stereocenters. The summed E-state index contributed by atoms with van der Waals surface area (Å²) in [6, 6.07) is 0. The molecule has 16 heavy (non-hydrogen) atoms. The fraction of sp³-hybridized carbons (Fsp3) is 0.917. The van der Waals surface area contributed by atoms with Crippen molar-refractivity contribution in [3.63, 3.8) is 0 Å². The zero-order valence-corrected chi connectivity index (χ0v) is 11.8. The third kappa shape index (κ3) is 3.40. The third-order valence-electron chi connectivity index (χ3n) is 4.04. The molecule has 0 amide bonds. The van der Waals surface area contributed by atoms with E-state index < -0.39 is 14.4 Å². The van der Waals surface area contributed by atoms with E-state index in [9.17, 15) is 14.7 Å². The molecule has 0 aromatic heterocycles. The normalized spacial score (nSPS) is 28.2. The SMILES string of the molecule is CC(C)(C[C@H]1CC(=O)C[C@@H](O)C1)[Si](C)(C)O. The second kappa shape index (κ2) is 4.59. The topological polar surface area (TPSA) is 57.5 Å². The number of ketones is 1. The van der Waals surface area contributed by atoms with Crippen molar-refractivity contribution in [2.75, 3.05) is 0 Å². The molecule has 1 aliphatic carbocycles. The van der Waals surface area contributed by atoms with Gasteiger partial charge in [0.25, 0.3) is 0 Å². The van der Waals surface area contributed by atoms with E-state index in [1.807, 2.05) is 13.1 Å². The first-order valence-electron chi connectivity index (χ1n) is 6.04. The van der Waals surface area contributed by atoms with E-state index >= 15 is 0 Å². The molecular formula is C12H24O3Si. The van der Waals surface area contributed by atoms with Crippen molar-refractivity contribution in [2.24, 2.45) is 5.92 Å². The highest BCUT2D eigenvalue weighted by Crippen LogP contribution is 2.44. The summed E-state index contributed by atoms with van der Waals surface area (Å²) in [5.41, 5.74) is 0. The van der Waals surface area contributed by atoms with Crippen LogP contribution in [0.15, 0.2) is 0 Å². The number of aliphatic hydroxyl groups excluding tert-OH is 1. The van der Waals surface area contributed by atoms with Gasteiger partial charge in [0.2, 0.25) is 0 Å². The van der Waals surface area contributed by atoms with Gasteiger partial charge in [-0.1, -0.05) is 13.8 Å². The summed E-state index contributed by atoms with van der Waals surface area (Å²) < 4.78 is 0. The Bertz CT molecular complexity index is 268. The number of Topliss-reactive ketones (excluding diaryl/α,β-unsaturated/α-hetero) is 1. The molecule has 1 rings (SSSR count). The lowest BCUT2D eigenvalue weighted by atomic mass is 9.81. The van der Waals surface area contributed by atoms with Gasteiger partial charge in [0.15, 0.2) is 8.32 Å². The molecule has 0 aromatic carbocycles. The molecule has 0 saturated heterocycles. The van der Waals surface area contributed by atoms with E-state index in [0.717, 1.165) is 6.42 Å². The third-order valence-corrected chi connectivity index (χ3v) is 7.56. The molecule has 1 aliphatic rings. The predicted octanol–water partition coefficient (Wildman–Crippen LogP) is 2.08. The first-order chi connectivity index (χ1) is 7.12. The molecule has 1 saturated carbocycles. The fourth-order valence-corrected chi connectivity index (χ4v) is 3.13. The van der Waals surface area contributed by atoms with Crippen LogP contribution in [0, 0.1) is 5.92 Å². The predicted molar refractivity (Wildman–Crippen MR) is 66.7 cm³/mol. The Hall–Kier alpha value is -0.193. The highest BCUT2D eigenvalue weighted by Gasteiger charge is 2.41. The second-order valence-electron chi connectivity index (χ2n) is 6.35. The van der Waals surface area contributed by atoms with Gasteiger partial charge in [-0.3, -0.25) is 4.79 Å². The average molecular weight is 244 g/mol. The van der Waals surface area contributed by atoms with Crippen LogP contribution in [0.2, 0.25) is 18.1 Å². The van der Waals surface area contributed by atoms with Crippen molar-refractivity contribution in [3.8, 4) is 0 Å². The number of carbonyl (C=O) groups is 1. The number of hydrogen-bond acceptors (Lipinski definition) is 3. The smallest absolute Gasteiger partial charge is 0.188 e. The lowest BCUT2D eigenvalue weighted by Crippen LogP contribution is -2.41. The highest BCUT2D eigenvalue weighted by molar-refractivity contribution is 6.72. The molecule has 2 N–H and O–H groups in total. The summed E-state index contributed by atoms with van der Waals surface area (Å²) in [6.45, 7) is 8.03. The number of aliphatic hydroxyl groups is 1. The van der Waals surface area contributed by atoms with Gasteiger partial charge in [-0.15, -0.1) is 0 Å². The van der Waals surface area contributed by atoms with E-state index in [-0.39, 0.29) is 16.7 Å². The number of rotatable bonds is 3. The Labute approximate surface area is 99.0 Å². The van der Waals surface area contributed by atoms with Gasteiger partial charge < -0.3 is 9.90 Å². The van der Waals surface area contributed by atoms with Crippen LogP contribution in [0.3, 0.4) is 0 Å². The number of hydrogen-bond donors (Lipinski definition) is 2. The van der Waals surface area contributed by atoms with E-state index in [2.05, 4.69) is 13.8 Å². The summed E-state index contributed by atoms with van der Waals surface area (Å²) in [5, 5.41) is 9.48. The monoisotopic (exact) mass is 244 g/mol. The van der Waals surface area contributed by atoms with Gasteiger partial charge in [-0.05, 0) is 36.9 Å². The molecule has 94 valence electrons. The van der Waals surface area contributed by atoms with Gasteiger partial charge in [0.05, 0.1) is 6.10 Å². The minimum atomic E-state index is -2.21. The van der Waals surface area contributed by atoms with E-state index in [1.165, 1.54) is 0 Å². The molecule has 0 heterocycles. The van der Waals surface area contributed by atoms with Crippen molar-refractivity contribution < 1.29 is 14.7 Å². The molecule has 0 spiro atoms. The Kier molecular flexibility index (Phi) is 3.98. The maximum atomic E-state index is 11.4. The van der Waals surface area contributed by atoms with Gasteiger partial charge in [-0.2, -0.15) is 0 Å². The average Bonchev–Trinajstić information content (AvgIpc) is 1.97. The second-order valence-corrected chi connectivity index (χ2v) is 10.8. The molecule has 1 fully saturated rings. The van der Waals surface area contributed by atoms with Crippen molar-refractivity contribution >= 4 is 14.1 Å². The van der Waals surface area contributed by atoms with Crippen molar-refractivity contribution in [1.29, 1.82) is 0 Å². The molecule has 4 heteroatoms. The minimum absolute atomic E-state index is 0.102. The summed E-state index contributed by atoms with van der Waals surface area (Å²) in [5.74, 6) is 0.405. The Morgan fingerprint density at radius 3 is 2.38 bits per heavy atom. The van der Waals surface area contributed by atoms with Crippen LogP contribution < -0.4 is 0 Å². The van der Waals surface area contributed by atoms with E-state index in [0.29, 0.717) is 19.3 Å². The van der Waals surface area contributed by atoms with Crippen LogP contribution >= 0.6 is 0 Å². The van der Waals surface area contributed by atoms with Crippen LogP contribution in [0.1, 0.15) is 39.5 Å². The highest BCUT2D eigenvalue weighted by atomic mass is 28.4. The van der Waals surface area contributed by atoms with Gasteiger partial charge in [-0.25, -0.2) is 0 Å². The first kappa shape index (κ1) is 13.9. The van der Waals surface area contributed by atoms with Crippen LogP contribution in [-0.4, -0.2) is 30.1 Å². The summed E-state index contributed by atoms with van der Waals surface area (Å²) in [6.07, 6.45) is 1.97. The Morgan fingerprint density at radius 2 is 1.94 bits per heavy atom. The van der Waals surface area contributed by atoms with Crippen LogP contribution in [0.5, 0.6) is 0 Å². The van der Waals surface area contributed by atoms with Gasteiger partial charge in [0.1, 0.15) is 5.78 Å². The zero-order chi connectivity index (χ0) is 12.6. The maximum absolute atomic E-state index is 11.4. The van der Waals surface area contributed by atoms with Crippen LogP contribution in [0.4, 0.5) is 0 Å². The Morgan fingerprint density at radius 1 is 1.38 bits per heavy atom. The molecule has 0 bridgehead atoms. The molecule has 3 nitrogen and oxygen atoms in total. The molecular weight excluding hydrogens is 220 g/mol. The van der Waals surface area contributed by atoms with Crippen molar-refractivity contribution in [2.45, 2.75) is 63.8 Å². The summed E-state index contributed by atoms with van der Waals surface area (Å²) in [4.78, 5) is 21.6. The lowest BCUT2D eigenvalue weighted by molar-refractivity contribution is -0.124. The first-order valence-corrected chi connectivity index (χ1v) is 8.99. The molecule has 0 aliphatic heterocycles. The summed E-state index contributed by atoms with van der Waals surface area (Å²) in [7, 11) is -2.21. The van der Waals surface area contributed by atoms with Crippen molar-refractivity contribution in [3.05, 3.63) is 0 Å². The largest absolute Gasteiger partial charge is 0.432 e. The quantitative estimate of drug-likeness (QED) is 0.747. The Balaban J connectivity index is 2.63. The molecule has 0 radical (unpaired) electrons. The molecule has 0 aromatic rings. The van der Waals surface area contributed by atoms with Crippen LogP contribution in [0.25, 0.3) is 0 Å². The zero-order valence-electron chi connectivity index (χ0n) is 10.8. The standard InChI is InChI=1S/C12H24O3Si/c1-12(2,16(3,4)15)8-9-5-10(13)7-11(14)6-9/h9-10,13,15H,5-8H2,1-4H3/t9-,10+/m1/s1. The van der Waals surface area contributed by atoms with E-state index in [4.69, 9.17) is 0 Å². The van der Waals surface area contributed by atoms with Gasteiger partial charge >= 0.3 is 0 Å². The number of carbonyl (C=O) groups excluding carboxylic acids is 1. The molecule has 2 atom stereocenters. The maximum Gasteiger partial charge on any atom is 0.188 e. The minimum Gasteiger partial charge on any atom is -0.432 e.